The number of nitrogens with one attached hydrogen (secondary N) is 1. The van der Waals surface area contributed by atoms with Crippen LogP contribution in [0.4, 0.5) is 0 Å². The molecule has 8 nitrogen and oxygen atoms in total. The maximum Gasteiger partial charge on any atom is 0.258 e. The summed E-state index contributed by atoms with van der Waals surface area (Å²) in [6, 6.07) is 7.40. The van der Waals surface area contributed by atoms with Crippen LogP contribution >= 0.6 is 0 Å². The van der Waals surface area contributed by atoms with Crippen molar-refractivity contribution in [2.75, 3.05) is 32.8 Å². The molecule has 3 amide bonds. The van der Waals surface area contributed by atoms with Crippen LogP contribution in [-0.2, 0) is 14.4 Å². The summed E-state index contributed by atoms with van der Waals surface area (Å²) in [7, 11) is 0. The second kappa shape index (κ2) is 10.5. The van der Waals surface area contributed by atoms with E-state index in [-0.39, 0.29) is 42.3 Å². The van der Waals surface area contributed by atoms with Gasteiger partial charge in [-0.2, -0.15) is 0 Å². The van der Waals surface area contributed by atoms with Crippen LogP contribution in [0, 0.1) is 5.92 Å². The highest BCUT2D eigenvalue weighted by atomic mass is 16.5. The van der Waals surface area contributed by atoms with E-state index in [1.807, 2.05) is 43.9 Å². The molecule has 1 aromatic rings. The summed E-state index contributed by atoms with van der Waals surface area (Å²) in [4.78, 5) is 40.8. The van der Waals surface area contributed by atoms with Crippen molar-refractivity contribution in [1.29, 1.82) is 0 Å². The minimum Gasteiger partial charge on any atom is -0.490 e. The molecule has 1 unspecified atom stereocenters. The number of ether oxygens (including phenoxy) is 2. The summed E-state index contributed by atoms with van der Waals surface area (Å²) in [5.74, 6) is 0.830. The van der Waals surface area contributed by atoms with Gasteiger partial charge in [-0.15, -0.1) is 0 Å². The molecule has 0 spiro atoms. The zero-order valence-corrected chi connectivity index (χ0v) is 18.6. The molecule has 0 aromatic heterocycles. The third kappa shape index (κ3) is 5.89. The van der Waals surface area contributed by atoms with Gasteiger partial charge < -0.3 is 24.6 Å². The van der Waals surface area contributed by atoms with E-state index >= 15 is 0 Å². The van der Waals surface area contributed by atoms with Crippen LogP contribution in [0.3, 0.4) is 0 Å². The Bertz CT molecular complexity index is 789. The third-order valence-corrected chi connectivity index (χ3v) is 5.81. The average molecular weight is 432 g/mol. The van der Waals surface area contributed by atoms with Crippen molar-refractivity contribution >= 4 is 17.7 Å². The summed E-state index contributed by atoms with van der Waals surface area (Å²) in [5, 5.41) is 2.99. The standard InChI is InChI=1S/C23H33N3O5/c1-4-30-19-7-5-6-8-20(19)31-15-21(27)24-18-9-11-25(12-10-18)23(29)17-13-22(28)26(14-17)16(2)3/h5-8,16-18H,4,9-15H2,1-3H3,(H,24,27). The van der Waals surface area contributed by atoms with Crippen LogP contribution in [0.15, 0.2) is 24.3 Å². The fourth-order valence-corrected chi connectivity index (χ4v) is 4.16. The highest BCUT2D eigenvalue weighted by molar-refractivity contribution is 5.89. The summed E-state index contributed by atoms with van der Waals surface area (Å²) in [5.41, 5.74) is 0. The second-order valence-electron chi connectivity index (χ2n) is 8.38. The van der Waals surface area contributed by atoms with E-state index in [2.05, 4.69) is 5.32 Å². The molecule has 0 saturated carbocycles. The fraction of sp³-hybridized carbons (Fsp3) is 0.609. The minimum absolute atomic E-state index is 0.0136. The molecule has 0 aliphatic carbocycles. The van der Waals surface area contributed by atoms with Crippen LogP contribution in [0.1, 0.15) is 40.0 Å². The number of hydrogen-bond donors (Lipinski definition) is 1. The normalized spacial score (nSPS) is 19.6. The van der Waals surface area contributed by atoms with Crippen molar-refractivity contribution in [2.24, 2.45) is 5.92 Å². The van der Waals surface area contributed by atoms with Gasteiger partial charge in [-0.1, -0.05) is 12.1 Å². The van der Waals surface area contributed by atoms with Crippen molar-refractivity contribution in [1.82, 2.24) is 15.1 Å². The van der Waals surface area contributed by atoms with E-state index in [9.17, 15) is 14.4 Å². The molecule has 1 atom stereocenters. The van der Waals surface area contributed by atoms with E-state index in [1.54, 1.807) is 11.0 Å². The quantitative estimate of drug-likeness (QED) is 0.679. The summed E-state index contributed by atoms with van der Waals surface area (Å²) in [6.07, 6.45) is 1.69. The van der Waals surface area contributed by atoms with Gasteiger partial charge in [-0.05, 0) is 45.7 Å². The zero-order valence-electron chi connectivity index (χ0n) is 18.6. The largest absolute Gasteiger partial charge is 0.490 e. The molecule has 2 heterocycles. The van der Waals surface area contributed by atoms with E-state index in [1.165, 1.54) is 0 Å². The Morgan fingerprint density at radius 3 is 2.35 bits per heavy atom. The summed E-state index contributed by atoms with van der Waals surface area (Å²) >= 11 is 0. The molecule has 170 valence electrons. The van der Waals surface area contributed by atoms with Crippen molar-refractivity contribution in [2.45, 2.75) is 52.1 Å². The summed E-state index contributed by atoms with van der Waals surface area (Å²) in [6.45, 7) is 7.95. The lowest BCUT2D eigenvalue weighted by atomic mass is 10.0. The Kier molecular flexibility index (Phi) is 7.76. The first-order valence-corrected chi connectivity index (χ1v) is 11.1. The molecule has 0 bridgehead atoms. The van der Waals surface area contributed by atoms with E-state index < -0.39 is 0 Å². The number of para-hydroxylation sites is 2. The van der Waals surface area contributed by atoms with Crippen LogP contribution in [0.2, 0.25) is 0 Å². The van der Waals surface area contributed by atoms with Gasteiger partial charge in [0.25, 0.3) is 5.91 Å². The molecule has 8 heteroatoms. The molecule has 31 heavy (non-hydrogen) atoms. The SMILES string of the molecule is CCOc1ccccc1OCC(=O)NC1CCN(C(=O)C2CC(=O)N(C(C)C)C2)CC1. The van der Waals surface area contributed by atoms with Crippen LogP contribution < -0.4 is 14.8 Å². The first-order valence-electron chi connectivity index (χ1n) is 11.1. The molecule has 2 aliphatic heterocycles. The Morgan fingerprint density at radius 1 is 1.13 bits per heavy atom. The van der Waals surface area contributed by atoms with Crippen molar-refractivity contribution in [3.63, 3.8) is 0 Å². The molecule has 2 saturated heterocycles. The molecule has 1 aromatic carbocycles. The Hall–Kier alpha value is -2.77. The Balaban J connectivity index is 1.41. The average Bonchev–Trinajstić information content (AvgIpc) is 3.15. The number of rotatable bonds is 8. The van der Waals surface area contributed by atoms with Gasteiger partial charge in [0.15, 0.2) is 18.1 Å². The molecular weight excluding hydrogens is 398 g/mol. The maximum atomic E-state index is 12.8. The van der Waals surface area contributed by atoms with Gasteiger partial charge in [0.05, 0.1) is 12.5 Å². The lowest BCUT2D eigenvalue weighted by molar-refractivity contribution is -0.137. The predicted octanol–water partition coefficient (Wildman–Crippen LogP) is 1.83. The number of amides is 3. The van der Waals surface area contributed by atoms with Gasteiger partial charge in [0.2, 0.25) is 11.8 Å². The first kappa shape index (κ1) is 22.9. The molecule has 2 aliphatic rings. The Morgan fingerprint density at radius 2 is 1.77 bits per heavy atom. The highest BCUT2D eigenvalue weighted by Crippen LogP contribution is 2.26. The number of piperidine rings is 1. The zero-order chi connectivity index (χ0) is 22.4. The van der Waals surface area contributed by atoms with E-state index in [0.29, 0.717) is 57.0 Å². The fourth-order valence-electron chi connectivity index (χ4n) is 4.16. The predicted molar refractivity (Wildman–Crippen MR) is 116 cm³/mol. The monoisotopic (exact) mass is 431 g/mol. The van der Waals surface area contributed by atoms with Crippen LogP contribution in [0.25, 0.3) is 0 Å². The molecule has 0 radical (unpaired) electrons. The van der Waals surface area contributed by atoms with Gasteiger partial charge in [0.1, 0.15) is 0 Å². The third-order valence-electron chi connectivity index (χ3n) is 5.81. The molecule has 3 rings (SSSR count). The number of carbonyl (C=O) groups is 3. The maximum absolute atomic E-state index is 12.8. The van der Waals surface area contributed by atoms with E-state index in [0.717, 1.165) is 0 Å². The van der Waals surface area contributed by atoms with Gasteiger partial charge >= 0.3 is 0 Å². The summed E-state index contributed by atoms with van der Waals surface area (Å²) < 4.78 is 11.1. The highest BCUT2D eigenvalue weighted by Gasteiger charge is 2.38. The van der Waals surface area contributed by atoms with Crippen molar-refractivity contribution in [3.8, 4) is 11.5 Å². The van der Waals surface area contributed by atoms with Crippen molar-refractivity contribution in [3.05, 3.63) is 24.3 Å². The number of benzene rings is 1. The number of hydrogen-bond acceptors (Lipinski definition) is 5. The molecule has 2 fully saturated rings. The lowest BCUT2D eigenvalue weighted by Gasteiger charge is -2.34. The Labute approximate surface area is 183 Å². The molecular formula is C23H33N3O5. The van der Waals surface area contributed by atoms with Crippen LogP contribution in [0.5, 0.6) is 11.5 Å². The second-order valence-corrected chi connectivity index (χ2v) is 8.38. The number of likely N-dealkylation sites (tertiary alicyclic amines) is 2. The number of carbonyl (C=O) groups excluding carboxylic acids is 3. The van der Waals surface area contributed by atoms with Gasteiger partial charge in [-0.3, -0.25) is 14.4 Å². The minimum atomic E-state index is -0.250. The van der Waals surface area contributed by atoms with Gasteiger partial charge in [-0.25, -0.2) is 0 Å². The van der Waals surface area contributed by atoms with E-state index in [4.69, 9.17) is 9.47 Å². The van der Waals surface area contributed by atoms with Crippen molar-refractivity contribution < 1.29 is 23.9 Å². The smallest absolute Gasteiger partial charge is 0.258 e. The van der Waals surface area contributed by atoms with Gasteiger partial charge in [0, 0.05) is 38.1 Å². The lowest BCUT2D eigenvalue weighted by Crippen LogP contribution is -2.49. The first-order chi connectivity index (χ1) is 14.9. The molecule has 1 N–H and O–H groups in total. The van der Waals surface area contributed by atoms with Crippen LogP contribution in [-0.4, -0.2) is 72.5 Å². The number of nitrogens with zero attached hydrogens (tertiary/aromatic N) is 2. The topological polar surface area (TPSA) is 88.2 Å².